The minimum absolute atomic E-state index is 0.163. The van der Waals surface area contributed by atoms with E-state index in [1.807, 2.05) is 0 Å². The van der Waals surface area contributed by atoms with E-state index >= 15 is 0 Å². The number of aromatic nitrogens is 2. The van der Waals surface area contributed by atoms with Crippen molar-refractivity contribution in [2.24, 2.45) is 0 Å². The highest BCUT2D eigenvalue weighted by molar-refractivity contribution is 7.94. The van der Waals surface area contributed by atoms with Crippen LogP contribution in [-0.4, -0.2) is 23.7 Å². The smallest absolute Gasteiger partial charge is 0.271 e. The van der Waals surface area contributed by atoms with Gasteiger partial charge in [0, 0.05) is 4.88 Å². The van der Waals surface area contributed by atoms with Crippen molar-refractivity contribution in [2.75, 3.05) is 4.72 Å². The van der Waals surface area contributed by atoms with Crippen molar-refractivity contribution in [3.63, 3.8) is 0 Å². The third-order valence-electron chi connectivity index (χ3n) is 2.42. The summed E-state index contributed by atoms with van der Waals surface area (Å²) in [5.74, 6) is 0. The zero-order valence-electron chi connectivity index (χ0n) is 9.89. The van der Waals surface area contributed by atoms with Crippen LogP contribution >= 0.6 is 11.3 Å². The van der Waals surface area contributed by atoms with Gasteiger partial charge in [0.25, 0.3) is 10.0 Å². The van der Waals surface area contributed by atoms with Crippen molar-refractivity contribution in [3.8, 4) is 0 Å². The molecule has 0 spiro atoms. The Labute approximate surface area is 109 Å². The topological polar surface area (TPSA) is 95.1 Å². The number of aryl methyl sites for hydroxylation is 2. The number of hydrogen-bond acceptors (Lipinski definition) is 5. The fraction of sp³-hybridized carbons (Fsp3) is 0.300. The number of nitrogens with zero attached hydrogens (tertiary/aromatic N) is 1. The normalized spacial score (nSPS) is 11.7. The first-order chi connectivity index (χ1) is 8.44. The number of thiophene rings is 1. The van der Waals surface area contributed by atoms with E-state index in [-0.39, 0.29) is 10.8 Å². The van der Waals surface area contributed by atoms with Gasteiger partial charge in [0.1, 0.15) is 4.21 Å². The highest BCUT2D eigenvalue weighted by Crippen LogP contribution is 2.26. The number of H-pyrrole nitrogens is 1. The molecule has 0 radical (unpaired) electrons. The fourth-order valence-electron chi connectivity index (χ4n) is 1.47. The molecular formula is C10H13N3O3S2. The molecule has 2 aromatic rings. The predicted octanol–water partition coefficient (Wildman–Crippen LogP) is 1.38. The summed E-state index contributed by atoms with van der Waals surface area (Å²) in [7, 11) is -3.62. The largest absolute Gasteiger partial charge is 0.391 e. The number of aliphatic hydroxyl groups excluding tert-OH is 1. The molecule has 6 nitrogen and oxygen atoms in total. The zero-order chi connectivity index (χ0) is 13.3. The van der Waals surface area contributed by atoms with Crippen molar-refractivity contribution < 1.29 is 13.5 Å². The maximum Gasteiger partial charge on any atom is 0.271 e. The van der Waals surface area contributed by atoms with Crippen molar-refractivity contribution in [2.45, 2.75) is 24.7 Å². The first-order valence-electron chi connectivity index (χ1n) is 5.18. The lowest BCUT2D eigenvalue weighted by atomic mass is 10.3. The minimum Gasteiger partial charge on any atom is -0.391 e. The molecule has 0 atom stereocenters. The molecule has 0 aliphatic rings. The van der Waals surface area contributed by atoms with Gasteiger partial charge in [-0.3, -0.25) is 9.82 Å². The van der Waals surface area contributed by atoms with Crippen LogP contribution in [0.5, 0.6) is 0 Å². The summed E-state index contributed by atoms with van der Waals surface area (Å²) in [6.07, 6.45) is 0. The molecule has 0 fully saturated rings. The monoisotopic (exact) mass is 287 g/mol. The summed E-state index contributed by atoms with van der Waals surface area (Å²) < 4.78 is 26.9. The fourth-order valence-corrected chi connectivity index (χ4v) is 3.87. The van der Waals surface area contributed by atoms with E-state index in [1.54, 1.807) is 19.9 Å². The van der Waals surface area contributed by atoms with Gasteiger partial charge in [-0.25, -0.2) is 8.42 Å². The summed E-state index contributed by atoms with van der Waals surface area (Å²) in [5, 5.41) is 15.6. The summed E-state index contributed by atoms with van der Waals surface area (Å²) in [6, 6.07) is 3.07. The molecule has 0 aliphatic heterocycles. The lowest BCUT2D eigenvalue weighted by molar-refractivity contribution is 0.285. The van der Waals surface area contributed by atoms with E-state index in [1.165, 1.54) is 6.07 Å². The van der Waals surface area contributed by atoms with Gasteiger partial charge in [-0.2, -0.15) is 5.10 Å². The number of anilines is 1. The van der Waals surface area contributed by atoms with Gasteiger partial charge in [0.2, 0.25) is 0 Å². The van der Waals surface area contributed by atoms with Crippen LogP contribution < -0.4 is 4.72 Å². The second-order valence-electron chi connectivity index (χ2n) is 3.79. The molecule has 98 valence electrons. The van der Waals surface area contributed by atoms with Crippen LogP contribution in [0.15, 0.2) is 16.3 Å². The molecule has 0 unspecified atom stereocenters. The van der Waals surface area contributed by atoms with Gasteiger partial charge >= 0.3 is 0 Å². The van der Waals surface area contributed by atoms with Crippen molar-refractivity contribution in [1.29, 1.82) is 0 Å². The van der Waals surface area contributed by atoms with E-state index in [9.17, 15) is 8.42 Å². The average molecular weight is 287 g/mol. The van der Waals surface area contributed by atoms with E-state index < -0.39 is 10.0 Å². The second kappa shape index (κ2) is 4.71. The van der Waals surface area contributed by atoms with Crippen LogP contribution in [0.1, 0.15) is 16.3 Å². The van der Waals surface area contributed by atoms with Crippen LogP contribution in [0.4, 0.5) is 5.69 Å². The Kier molecular flexibility index (Phi) is 3.42. The standard InChI is InChI=1S/C10H13N3O3S2/c1-6-10(7(2)12-11-6)13-18(15,16)9-4-3-8(5-14)17-9/h3-4,13-14H,5H2,1-2H3,(H,11,12). The number of rotatable bonds is 4. The van der Waals surface area contributed by atoms with Crippen molar-refractivity contribution in [3.05, 3.63) is 28.4 Å². The Morgan fingerprint density at radius 3 is 2.67 bits per heavy atom. The molecule has 2 rings (SSSR count). The van der Waals surface area contributed by atoms with Gasteiger partial charge in [-0.05, 0) is 26.0 Å². The molecule has 0 amide bonds. The summed E-state index contributed by atoms with van der Waals surface area (Å²) >= 11 is 1.04. The number of sulfonamides is 1. The summed E-state index contributed by atoms with van der Waals surface area (Å²) in [5.41, 5.74) is 1.72. The summed E-state index contributed by atoms with van der Waals surface area (Å²) in [6.45, 7) is 3.30. The molecule has 2 heterocycles. The Bertz CT molecular complexity index is 638. The first kappa shape index (κ1) is 13.1. The molecule has 0 aromatic carbocycles. The third-order valence-corrected chi connectivity index (χ3v) is 5.33. The molecule has 0 saturated carbocycles. The Morgan fingerprint density at radius 1 is 1.44 bits per heavy atom. The van der Waals surface area contributed by atoms with E-state index in [0.717, 1.165) is 11.3 Å². The minimum atomic E-state index is -3.62. The van der Waals surface area contributed by atoms with Gasteiger partial charge in [0.15, 0.2) is 0 Å². The van der Waals surface area contributed by atoms with Gasteiger partial charge in [0.05, 0.1) is 23.7 Å². The molecule has 18 heavy (non-hydrogen) atoms. The average Bonchev–Trinajstić information content (AvgIpc) is 2.91. The Morgan fingerprint density at radius 2 is 2.17 bits per heavy atom. The number of hydrogen-bond donors (Lipinski definition) is 3. The van der Waals surface area contributed by atoms with Crippen LogP contribution in [0.3, 0.4) is 0 Å². The lowest BCUT2D eigenvalue weighted by Gasteiger charge is -2.05. The van der Waals surface area contributed by atoms with E-state index in [0.29, 0.717) is 22.0 Å². The van der Waals surface area contributed by atoms with E-state index in [4.69, 9.17) is 5.11 Å². The van der Waals surface area contributed by atoms with Crippen molar-refractivity contribution in [1.82, 2.24) is 10.2 Å². The van der Waals surface area contributed by atoms with Crippen LogP contribution in [0, 0.1) is 13.8 Å². The lowest BCUT2D eigenvalue weighted by Crippen LogP contribution is -2.12. The Balaban J connectivity index is 2.33. The van der Waals surface area contributed by atoms with Crippen LogP contribution in [-0.2, 0) is 16.6 Å². The SMILES string of the molecule is Cc1n[nH]c(C)c1NS(=O)(=O)c1ccc(CO)s1. The number of aliphatic hydroxyl groups is 1. The first-order valence-corrected chi connectivity index (χ1v) is 7.48. The third kappa shape index (κ3) is 2.40. The molecular weight excluding hydrogens is 274 g/mol. The van der Waals surface area contributed by atoms with Crippen molar-refractivity contribution >= 4 is 27.0 Å². The highest BCUT2D eigenvalue weighted by Gasteiger charge is 2.19. The molecule has 8 heteroatoms. The molecule has 0 aliphatic carbocycles. The van der Waals surface area contributed by atoms with E-state index in [2.05, 4.69) is 14.9 Å². The van der Waals surface area contributed by atoms with Gasteiger partial charge < -0.3 is 5.11 Å². The maximum absolute atomic E-state index is 12.1. The van der Waals surface area contributed by atoms with Crippen LogP contribution in [0.25, 0.3) is 0 Å². The van der Waals surface area contributed by atoms with Gasteiger partial charge in [-0.1, -0.05) is 0 Å². The quantitative estimate of drug-likeness (QED) is 0.791. The van der Waals surface area contributed by atoms with Crippen LogP contribution in [0.2, 0.25) is 0 Å². The zero-order valence-corrected chi connectivity index (χ0v) is 11.5. The number of aromatic amines is 1. The maximum atomic E-state index is 12.1. The molecule has 2 aromatic heterocycles. The molecule has 0 bridgehead atoms. The number of nitrogens with one attached hydrogen (secondary N) is 2. The molecule has 3 N–H and O–H groups in total. The highest BCUT2D eigenvalue weighted by atomic mass is 32.2. The summed E-state index contributed by atoms with van der Waals surface area (Å²) in [4.78, 5) is 0.607. The Hall–Kier alpha value is -1.38. The second-order valence-corrected chi connectivity index (χ2v) is 6.87. The predicted molar refractivity (Wildman–Crippen MR) is 69.1 cm³/mol. The van der Waals surface area contributed by atoms with Gasteiger partial charge in [-0.15, -0.1) is 11.3 Å². The molecule has 0 saturated heterocycles.